The molecule has 0 aliphatic heterocycles. The predicted octanol–water partition coefficient (Wildman–Crippen LogP) is 2.59. The van der Waals surface area contributed by atoms with Crippen LogP contribution in [0.25, 0.3) is 11.0 Å². The van der Waals surface area contributed by atoms with Crippen molar-refractivity contribution in [2.24, 2.45) is 14.1 Å². The van der Waals surface area contributed by atoms with Gasteiger partial charge in [0.15, 0.2) is 5.65 Å². The Hall–Kier alpha value is -3.47. The normalized spacial score (nSPS) is 13.8. The highest BCUT2D eigenvalue weighted by atomic mass is 32.2. The molecule has 1 amide bonds. The standard InChI is InChI=1S/C24H27N5O5S/c1-4-34-23(32)15-9-11-16(12-10-15)25-17(30)13-35-21-18-20(28(2)24(33)29(3)22(18)31)26-19(27-21)14-7-5-6-8-14/h9-12,14H,4-8,13H2,1-3H3,(H,25,30). The van der Waals surface area contributed by atoms with E-state index in [0.717, 1.165) is 42.0 Å². The van der Waals surface area contributed by atoms with Crippen LogP contribution in [0.15, 0.2) is 38.9 Å². The number of ether oxygens (including phenoxy) is 1. The number of hydrogen-bond donors (Lipinski definition) is 1. The number of nitrogens with zero attached hydrogens (tertiary/aromatic N) is 4. The fraction of sp³-hybridized carbons (Fsp3) is 0.417. The highest BCUT2D eigenvalue weighted by molar-refractivity contribution is 8.00. The molecule has 0 radical (unpaired) electrons. The third-order valence-corrected chi connectivity index (χ3v) is 7.00. The van der Waals surface area contributed by atoms with E-state index in [1.165, 1.54) is 11.6 Å². The van der Waals surface area contributed by atoms with Gasteiger partial charge in [-0.25, -0.2) is 19.6 Å². The number of esters is 1. The Morgan fingerprint density at radius 1 is 1.09 bits per heavy atom. The number of anilines is 1. The maximum Gasteiger partial charge on any atom is 0.338 e. The monoisotopic (exact) mass is 497 g/mol. The van der Waals surface area contributed by atoms with Gasteiger partial charge in [0, 0.05) is 25.7 Å². The minimum atomic E-state index is -0.487. The molecule has 0 saturated heterocycles. The van der Waals surface area contributed by atoms with Crippen molar-refractivity contribution in [1.29, 1.82) is 0 Å². The number of aromatic nitrogens is 4. The average molecular weight is 498 g/mol. The summed E-state index contributed by atoms with van der Waals surface area (Å²) in [5.41, 5.74) is 0.262. The van der Waals surface area contributed by atoms with Crippen LogP contribution in [0.4, 0.5) is 5.69 Å². The van der Waals surface area contributed by atoms with E-state index in [4.69, 9.17) is 4.74 Å². The Morgan fingerprint density at radius 2 is 1.77 bits per heavy atom. The number of amides is 1. The van der Waals surface area contributed by atoms with Gasteiger partial charge in [-0.05, 0) is 44.0 Å². The van der Waals surface area contributed by atoms with Crippen molar-refractivity contribution in [3.8, 4) is 0 Å². The molecule has 2 aromatic heterocycles. The second kappa shape index (κ2) is 10.4. The lowest BCUT2D eigenvalue weighted by Crippen LogP contribution is -2.38. The first-order chi connectivity index (χ1) is 16.8. The van der Waals surface area contributed by atoms with Crippen molar-refractivity contribution in [2.75, 3.05) is 17.7 Å². The molecule has 0 atom stereocenters. The van der Waals surface area contributed by atoms with E-state index in [-0.39, 0.29) is 35.2 Å². The molecule has 3 aromatic rings. The SMILES string of the molecule is CCOC(=O)c1ccc(NC(=O)CSc2nc(C3CCCC3)nc3c2c(=O)n(C)c(=O)n3C)cc1. The molecule has 1 N–H and O–H groups in total. The summed E-state index contributed by atoms with van der Waals surface area (Å²) < 4.78 is 7.34. The quantitative estimate of drug-likeness (QED) is 0.300. The second-order valence-electron chi connectivity index (χ2n) is 8.41. The molecule has 1 aliphatic carbocycles. The molecule has 11 heteroatoms. The van der Waals surface area contributed by atoms with Gasteiger partial charge in [-0.15, -0.1) is 0 Å². The molecule has 1 aromatic carbocycles. The van der Waals surface area contributed by atoms with Gasteiger partial charge in [0.1, 0.15) is 16.2 Å². The van der Waals surface area contributed by atoms with Crippen molar-refractivity contribution in [3.05, 3.63) is 56.5 Å². The van der Waals surface area contributed by atoms with Gasteiger partial charge in [0.05, 0.1) is 17.9 Å². The average Bonchev–Trinajstić information content (AvgIpc) is 3.40. The number of fused-ring (bicyclic) bond motifs is 1. The highest BCUT2D eigenvalue weighted by Crippen LogP contribution is 2.34. The molecule has 1 fully saturated rings. The summed E-state index contributed by atoms with van der Waals surface area (Å²) in [5.74, 6) is 0.0580. The summed E-state index contributed by atoms with van der Waals surface area (Å²) in [6.07, 6.45) is 4.08. The van der Waals surface area contributed by atoms with Crippen LogP contribution in [0.2, 0.25) is 0 Å². The summed E-state index contributed by atoms with van der Waals surface area (Å²) in [4.78, 5) is 59.1. The van der Waals surface area contributed by atoms with Crippen LogP contribution in [-0.2, 0) is 23.6 Å². The van der Waals surface area contributed by atoms with E-state index in [1.807, 2.05) is 0 Å². The lowest BCUT2D eigenvalue weighted by atomic mass is 10.1. The Kier molecular flexibility index (Phi) is 7.34. The van der Waals surface area contributed by atoms with Gasteiger partial charge < -0.3 is 10.1 Å². The molecule has 10 nitrogen and oxygen atoms in total. The van der Waals surface area contributed by atoms with Crippen molar-refractivity contribution in [3.63, 3.8) is 0 Å². The van der Waals surface area contributed by atoms with Crippen LogP contribution < -0.4 is 16.6 Å². The van der Waals surface area contributed by atoms with Gasteiger partial charge in [-0.3, -0.25) is 18.7 Å². The minimum absolute atomic E-state index is 0.00183. The molecule has 0 bridgehead atoms. The van der Waals surface area contributed by atoms with E-state index >= 15 is 0 Å². The number of thioether (sulfide) groups is 1. The fourth-order valence-corrected chi connectivity index (χ4v) is 4.97. The van der Waals surface area contributed by atoms with Crippen LogP contribution in [0.5, 0.6) is 0 Å². The topological polar surface area (TPSA) is 125 Å². The minimum Gasteiger partial charge on any atom is -0.462 e. The molecular weight excluding hydrogens is 470 g/mol. The van der Waals surface area contributed by atoms with Gasteiger partial charge in [-0.1, -0.05) is 24.6 Å². The first kappa shape index (κ1) is 24.6. The van der Waals surface area contributed by atoms with Crippen LogP contribution in [0, 0.1) is 0 Å². The van der Waals surface area contributed by atoms with Gasteiger partial charge in [0.2, 0.25) is 5.91 Å². The molecule has 0 spiro atoms. The number of carbonyl (C=O) groups excluding carboxylic acids is 2. The lowest BCUT2D eigenvalue weighted by Gasteiger charge is -2.14. The summed E-state index contributed by atoms with van der Waals surface area (Å²) >= 11 is 1.14. The summed E-state index contributed by atoms with van der Waals surface area (Å²) in [6, 6.07) is 6.41. The summed E-state index contributed by atoms with van der Waals surface area (Å²) in [7, 11) is 2.99. The molecule has 1 aliphatic rings. The zero-order valence-electron chi connectivity index (χ0n) is 19.9. The van der Waals surface area contributed by atoms with Crippen LogP contribution in [-0.4, -0.2) is 43.3 Å². The van der Waals surface area contributed by atoms with Crippen LogP contribution in [0.3, 0.4) is 0 Å². The zero-order chi connectivity index (χ0) is 25.1. The fourth-order valence-electron chi connectivity index (χ4n) is 4.15. The maximum absolute atomic E-state index is 12.9. The van der Waals surface area contributed by atoms with E-state index in [9.17, 15) is 19.2 Å². The molecule has 0 unspecified atom stereocenters. The number of carbonyl (C=O) groups is 2. The van der Waals surface area contributed by atoms with Crippen LogP contribution >= 0.6 is 11.8 Å². The molecule has 1 saturated carbocycles. The smallest absolute Gasteiger partial charge is 0.338 e. The Labute approximate surface area is 205 Å². The zero-order valence-corrected chi connectivity index (χ0v) is 20.7. The predicted molar refractivity (Wildman–Crippen MR) is 133 cm³/mol. The first-order valence-electron chi connectivity index (χ1n) is 11.5. The lowest BCUT2D eigenvalue weighted by molar-refractivity contribution is -0.113. The van der Waals surface area contributed by atoms with Gasteiger partial charge >= 0.3 is 11.7 Å². The molecular formula is C24H27N5O5S. The van der Waals surface area contributed by atoms with E-state index in [1.54, 1.807) is 38.2 Å². The van der Waals surface area contributed by atoms with E-state index in [2.05, 4.69) is 15.3 Å². The Bertz CT molecular complexity index is 1390. The molecule has 184 valence electrons. The number of rotatable bonds is 7. The number of benzene rings is 1. The van der Waals surface area contributed by atoms with E-state index < -0.39 is 17.2 Å². The maximum atomic E-state index is 12.9. The first-order valence-corrected chi connectivity index (χ1v) is 12.5. The van der Waals surface area contributed by atoms with Crippen LogP contribution in [0.1, 0.15) is 54.7 Å². The Morgan fingerprint density at radius 3 is 2.43 bits per heavy atom. The highest BCUT2D eigenvalue weighted by Gasteiger charge is 2.24. The summed E-state index contributed by atoms with van der Waals surface area (Å²) in [6.45, 7) is 2.02. The van der Waals surface area contributed by atoms with Gasteiger partial charge in [-0.2, -0.15) is 0 Å². The second-order valence-corrected chi connectivity index (χ2v) is 9.37. The third-order valence-electron chi connectivity index (χ3n) is 6.02. The van der Waals surface area contributed by atoms with Crippen molar-refractivity contribution < 1.29 is 14.3 Å². The molecule has 35 heavy (non-hydrogen) atoms. The Balaban J connectivity index is 1.58. The molecule has 4 rings (SSSR count). The van der Waals surface area contributed by atoms with Crippen molar-refractivity contribution in [1.82, 2.24) is 19.1 Å². The number of hydrogen-bond acceptors (Lipinski definition) is 8. The summed E-state index contributed by atoms with van der Waals surface area (Å²) in [5, 5.41) is 3.40. The number of aryl methyl sites for hydroxylation is 1. The van der Waals surface area contributed by atoms with E-state index in [0.29, 0.717) is 22.1 Å². The van der Waals surface area contributed by atoms with Crippen molar-refractivity contribution in [2.45, 2.75) is 43.6 Å². The largest absolute Gasteiger partial charge is 0.462 e. The third kappa shape index (κ3) is 5.14. The van der Waals surface area contributed by atoms with Gasteiger partial charge in [0.25, 0.3) is 5.56 Å². The molecule has 2 heterocycles. The van der Waals surface area contributed by atoms with Crippen molar-refractivity contribution >= 4 is 40.4 Å². The number of nitrogens with one attached hydrogen (secondary N) is 1.